The van der Waals surface area contributed by atoms with Gasteiger partial charge in [0.15, 0.2) is 6.23 Å². The quantitative estimate of drug-likeness (QED) is 0.639. The van der Waals surface area contributed by atoms with Gasteiger partial charge in [-0.25, -0.2) is 0 Å². The summed E-state index contributed by atoms with van der Waals surface area (Å²) in [6.45, 7) is 4.33. The fourth-order valence-corrected chi connectivity index (χ4v) is 3.58. The first kappa shape index (κ1) is 14.9. The topological polar surface area (TPSA) is 25.6 Å². The molecule has 2 aromatic carbocycles. The van der Waals surface area contributed by atoms with Gasteiger partial charge in [-0.05, 0) is 50.1 Å². The molecule has 23 heavy (non-hydrogen) atoms. The van der Waals surface area contributed by atoms with Crippen molar-refractivity contribution >= 4 is 33.5 Å². The number of piperidine rings is 1. The minimum Gasteiger partial charge on any atom is -0.475 e. The molecule has 0 radical (unpaired) electrons. The number of hydrogen-bond donors (Lipinski definition) is 0. The fourth-order valence-electron chi connectivity index (χ4n) is 3.42. The molecule has 2 heterocycles. The zero-order valence-corrected chi connectivity index (χ0v) is 14.0. The first-order valence-electron chi connectivity index (χ1n) is 8.27. The molecule has 3 nitrogen and oxygen atoms in total. The van der Waals surface area contributed by atoms with Gasteiger partial charge in [-0.3, -0.25) is 4.90 Å². The fraction of sp³-hybridized carbons (Fsp3) is 0.368. The molecule has 1 aliphatic rings. The van der Waals surface area contributed by atoms with Crippen molar-refractivity contribution in [3.63, 3.8) is 0 Å². The summed E-state index contributed by atoms with van der Waals surface area (Å²) in [5.41, 5.74) is 1.66. The summed E-state index contributed by atoms with van der Waals surface area (Å²) < 4.78 is 12.2. The zero-order chi connectivity index (χ0) is 15.8. The largest absolute Gasteiger partial charge is 0.475 e. The molecule has 0 saturated carbocycles. The van der Waals surface area contributed by atoms with Crippen molar-refractivity contribution in [3.05, 3.63) is 41.4 Å². The van der Waals surface area contributed by atoms with Crippen LogP contribution >= 0.6 is 11.6 Å². The van der Waals surface area contributed by atoms with E-state index >= 15 is 0 Å². The Morgan fingerprint density at radius 2 is 1.91 bits per heavy atom. The third-order valence-electron chi connectivity index (χ3n) is 4.64. The molecule has 1 aromatic heterocycles. The minimum atomic E-state index is 0.171. The number of fused-ring (bicyclic) bond motifs is 3. The number of nitrogens with zero attached hydrogens (tertiary/aromatic N) is 1. The van der Waals surface area contributed by atoms with E-state index in [1.54, 1.807) is 0 Å². The number of hydrogen-bond acceptors (Lipinski definition) is 3. The van der Waals surface area contributed by atoms with Gasteiger partial charge >= 0.3 is 0 Å². The Bertz CT molecular complexity index is 842. The van der Waals surface area contributed by atoms with Crippen molar-refractivity contribution < 1.29 is 9.15 Å². The van der Waals surface area contributed by atoms with E-state index in [0.29, 0.717) is 5.02 Å². The molecule has 1 aliphatic heterocycles. The maximum absolute atomic E-state index is 6.23. The molecule has 0 aliphatic carbocycles. The number of rotatable bonds is 3. The standard InChI is InChI=1S/C19H20ClNO2/c1-2-21-10-4-3-5-19(21)22-14-7-9-16-15-8-6-13(20)11-17(15)23-18(16)12-14/h6-9,11-12,19H,2-5,10H2,1H3. The van der Waals surface area contributed by atoms with E-state index in [9.17, 15) is 0 Å². The third kappa shape index (κ3) is 2.79. The average molecular weight is 330 g/mol. The molecular weight excluding hydrogens is 310 g/mol. The van der Waals surface area contributed by atoms with Crippen LogP contribution in [0.2, 0.25) is 5.02 Å². The highest BCUT2D eigenvalue weighted by Gasteiger charge is 2.22. The summed E-state index contributed by atoms with van der Waals surface area (Å²) in [6.07, 6.45) is 3.75. The molecule has 120 valence electrons. The monoisotopic (exact) mass is 329 g/mol. The van der Waals surface area contributed by atoms with E-state index in [0.717, 1.165) is 47.2 Å². The molecular formula is C19H20ClNO2. The Hall–Kier alpha value is -1.71. The van der Waals surface area contributed by atoms with Crippen molar-refractivity contribution in [2.24, 2.45) is 0 Å². The zero-order valence-electron chi connectivity index (χ0n) is 13.2. The van der Waals surface area contributed by atoms with Gasteiger partial charge in [-0.2, -0.15) is 0 Å². The highest BCUT2D eigenvalue weighted by atomic mass is 35.5. The van der Waals surface area contributed by atoms with E-state index in [1.165, 1.54) is 12.8 Å². The van der Waals surface area contributed by atoms with Crippen molar-refractivity contribution in [1.29, 1.82) is 0 Å². The molecule has 0 amide bonds. The van der Waals surface area contributed by atoms with E-state index < -0.39 is 0 Å². The summed E-state index contributed by atoms with van der Waals surface area (Å²) in [4.78, 5) is 2.39. The SMILES string of the molecule is CCN1CCCCC1Oc1ccc2c(c1)oc1cc(Cl)ccc12. The predicted octanol–water partition coefficient (Wildman–Crippen LogP) is 5.45. The third-order valence-corrected chi connectivity index (χ3v) is 4.87. The van der Waals surface area contributed by atoms with Gasteiger partial charge in [0.2, 0.25) is 0 Å². The van der Waals surface area contributed by atoms with Crippen molar-refractivity contribution in [3.8, 4) is 5.75 Å². The van der Waals surface area contributed by atoms with Gasteiger partial charge in [0, 0.05) is 34.5 Å². The summed E-state index contributed by atoms with van der Waals surface area (Å²) >= 11 is 6.05. The van der Waals surface area contributed by atoms with Crippen LogP contribution in [0.5, 0.6) is 5.75 Å². The van der Waals surface area contributed by atoms with Gasteiger partial charge in [-0.1, -0.05) is 18.5 Å². The first-order chi connectivity index (χ1) is 11.2. The van der Waals surface area contributed by atoms with Gasteiger partial charge in [0.25, 0.3) is 0 Å². The van der Waals surface area contributed by atoms with Crippen molar-refractivity contribution in [2.45, 2.75) is 32.4 Å². The number of halogens is 1. The molecule has 1 fully saturated rings. The maximum atomic E-state index is 6.23. The van der Waals surface area contributed by atoms with E-state index in [4.69, 9.17) is 20.8 Å². The highest BCUT2D eigenvalue weighted by molar-refractivity contribution is 6.31. The molecule has 0 N–H and O–H groups in total. The van der Waals surface area contributed by atoms with Crippen LogP contribution in [0, 0.1) is 0 Å². The number of likely N-dealkylation sites (tertiary alicyclic amines) is 1. The normalized spacial score (nSPS) is 19.5. The Morgan fingerprint density at radius 3 is 2.74 bits per heavy atom. The van der Waals surface area contributed by atoms with E-state index in [-0.39, 0.29) is 6.23 Å². The van der Waals surface area contributed by atoms with Crippen LogP contribution < -0.4 is 4.74 Å². The van der Waals surface area contributed by atoms with E-state index in [2.05, 4.69) is 17.9 Å². The first-order valence-corrected chi connectivity index (χ1v) is 8.65. The van der Waals surface area contributed by atoms with Gasteiger partial charge in [0.1, 0.15) is 16.9 Å². The van der Waals surface area contributed by atoms with Crippen LogP contribution in [0.25, 0.3) is 21.9 Å². The van der Waals surface area contributed by atoms with Crippen LogP contribution in [0.15, 0.2) is 40.8 Å². The molecule has 0 bridgehead atoms. The van der Waals surface area contributed by atoms with Gasteiger partial charge < -0.3 is 9.15 Å². The average Bonchev–Trinajstić information content (AvgIpc) is 2.91. The molecule has 3 aromatic rings. The summed E-state index contributed by atoms with van der Waals surface area (Å²) in [5, 5.41) is 2.87. The van der Waals surface area contributed by atoms with Crippen LogP contribution in [-0.4, -0.2) is 24.2 Å². The number of ether oxygens (including phenoxy) is 1. The lowest BCUT2D eigenvalue weighted by atomic mass is 10.1. The van der Waals surface area contributed by atoms with E-state index in [1.807, 2.05) is 30.3 Å². The molecule has 4 heteroatoms. The number of benzene rings is 2. The van der Waals surface area contributed by atoms with Crippen molar-refractivity contribution in [1.82, 2.24) is 4.90 Å². The molecule has 4 rings (SSSR count). The lowest BCUT2D eigenvalue weighted by Crippen LogP contribution is -2.42. The highest BCUT2D eigenvalue weighted by Crippen LogP contribution is 2.33. The Morgan fingerprint density at radius 1 is 1.13 bits per heavy atom. The number of furan rings is 1. The van der Waals surface area contributed by atoms with Crippen LogP contribution in [0.1, 0.15) is 26.2 Å². The summed E-state index contributed by atoms with van der Waals surface area (Å²) in [5.74, 6) is 0.869. The Balaban J connectivity index is 1.67. The smallest absolute Gasteiger partial charge is 0.152 e. The second-order valence-corrected chi connectivity index (χ2v) is 6.53. The van der Waals surface area contributed by atoms with Gasteiger partial charge in [-0.15, -0.1) is 0 Å². The molecule has 1 unspecified atom stereocenters. The Kier molecular flexibility index (Phi) is 3.92. The lowest BCUT2D eigenvalue weighted by Gasteiger charge is -2.34. The summed E-state index contributed by atoms with van der Waals surface area (Å²) in [7, 11) is 0. The van der Waals surface area contributed by atoms with Crippen LogP contribution in [-0.2, 0) is 0 Å². The second-order valence-electron chi connectivity index (χ2n) is 6.10. The van der Waals surface area contributed by atoms with Crippen LogP contribution in [0.4, 0.5) is 0 Å². The van der Waals surface area contributed by atoms with Crippen LogP contribution in [0.3, 0.4) is 0 Å². The van der Waals surface area contributed by atoms with Crippen molar-refractivity contribution in [2.75, 3.05) is 13.1 Å². The maximum Gasteiger partial charge on any atom is 0.152 e. The minimum absolute atomic E-state index is 0.171. The molecule has 1 atom stereocenters. The second kappa shape index (κ2) is 6.06. The molecule has 0 spiro atoms. The Labute approximate surface area is 140 Å². The molecule has 1 saturated heterocycles. The lowest BCUT2D eigenvalue weighted by molar-refractivity contribution is -0.0000153. The van der Waals surface area contributed by atoms with Gasteiger partial charge in [0.05, 0.1) is 0 Å². The predicted molar refractivity (Wildman–Crippen MR) is 94.2 cm³/mol. The summed E-state index contributed by atoms with van der Waals surface area (Å²) in [6, 6.07) is 11.9.